The average molecular weight is 151 g/mol. The van der Waals surface area contributed by atoms with Crippen molar-refractivity contribution < 1.29 is 9.53 Å². The number of hydrogen-bond donors (Lipinski definition) is 1. The lowest BCUT2D eigenvalue weighted by Crippen LogP contribution is -2.16. The summed E-state index contributed by atoms with van der Waals surface area (Å²) in [6.45, 7) is -0.377. The Bertz CT molecular complexity index is 120. The van der Waals surface area contributed by atoms with Crippen LogP contribution >= 0.6 is 12.4 Å². The van der Waals surface area contributed by atoms with Crippen molar-refractivity contribution >= 4 is 18.4 Å². The summed E-state index contributed by atoms with van der Waals surface area (Å²) in [7, 11) is 0. The zero-order valence-electron chi connectivity index (χ0n) is 4.66. The lowest BCUT2D eigenvalue weighted by Gasteiger charge is -1.92. The minimum absolute atomic E-state index is 0. The smallest absolute Gasteiger partial charge is 0.320 e. The first kappa shape index (κ1) is 11.1. The molecular formula is C4H7ClN2O2. The maximum Gasteiger partial charge on any atom is 0.320 e. The van der Waals surface area contributed by atoms with Crippen LogP contribution in [0.15, 0.2) is 0 Å². The van der Waals surface area contributed by atoms with Crippen molar-refractivity contribution in [2.75, 3.05) is 13.2 Å². The van der Waals surface area contributed by atoms with Crippen molar-refractivity contribution in [1.82, 2.24) is 0 Å². The lowest BCUT2D eigenvalue weighted by atomic mass is 10.7. The Balaban J connectivity index is 0. The molecule has 0 aliphatic heterocycles. The molecule has 0 atom stereocenters. The summed E-state index contributed by atoms with van der Waals surface area (Å²) >= 11 is 0. The van der Waals surface area contributed by atoms with E-state index in [-0.39, 0.29) is 25.6 Å². The SMILES string of the molecule is Cl.N#CCOC(=O)CN. The Kier molecular flexibility index (Phi) is 8.87. The number of ether oxygens (including phenoxy) is 1. The van der Waals surface area contributed by atoms with Crippen LogP contribution in [0.5, 0.6) is 0 Å². The van der Waals surface area contributed by atoms with Gasteiger partial charge < -0.3 is 10.5 Å². The van der Waals surface area contributed by atoms with Crippen LogP contribution in [0.25, 0.3) is 0 Å². The first-order chi connectivity index (χ1) is 3.81. The minimum atomic E-state index is -0.549. The molecule has 0 fully saturated rings. The summed E-state index contributed by atoms with van der Waals surface area (Å²) in [5.74, 6) is -0.549. The average Bonchev–Trinajstić information content (AvgIpc) is 1.83. The van der Waals surface area contributed by atoms with Crippen molar-refractivity contribution in [3.63, 3.8) is 0 Å². The second kappa shape index (κ2) is 7.21. The number of carbonyl (C=O) groups is 1. The topological polar surface area (TPSA) is 76.1 Å². The van der Waals surface area contributed by atoms with Gasteiger partial charge in [0.15, 0.2) is 6.61 Å². The van der Waals surface area contributed by atoms with Crippen LogP contribution in [0.3, 0.4) is 0 Å². The van der Waals surface area contributed by atoms with Gasteiger partial charge in [-0.3, -0.25) is 4.79 Å². The van der Waals surface area contributed by atoms with Crippen LogP contribution in [0.2, 0.25) is 0 Å². The van der Waals surface area contributed by atoms with E-state index >= 15 is 0 Å². The normalized spacial score (nSPS) is 6.67. The highest BCUT2D eigenvalue weighted by Crippen LogP contribution is 1.70. The fraction of sp³-hybridized carbons (Fsp3) is 0.500. The Morgan fingerprint density at radius 3 is 2.67 bits per heavy atom. The quantitative estimate of drug-likeness (QED) is 0.535. The van der Waals surface area contributed by atoms with Crippen LogP contribution in [0.1, 0.15) is 0 Å². The van der Waals surface area contributed by atoms with Gasteiger partial charge in [0.05, 0.1) is 6.54 Å². The van der Waals surface area contributed by atoms with Crippen molar-refractivity contribution in [3.8, 4) is 6.07 Å². The number of esters is 1. The maximum absolute atomic E-state index is 10.1. The van der Waals surface area contributed by atoms with Gasteiger partial charge in [-0.05, 0) is 0 Å². The fourth-order valence-corrected chi connectivity index (χ4v) is 0.172. The first-order valence-corrected chi connectivity index (χ1v) is 2.04. The molecule has 0 aromatic rings. The highest BCUT2D eigenvalue weighted by atomic mass is 35.5. The Hall–Kier alpha value is -0.790. The van der Waals surface area contributed by atoms with E-state index in [1.807, 2.05) is 0 Å². The first-order valence-electron chi connectivity index (χ1n) is 2.04. The summed E-state index contributed by atoms with van der Waals surface area (Å²) in [4.78, 5) is 10.1. The van der Waals surface area contributed by atoms with Gasteiger partial charge in [-0.1, -0.05) is 0 Å². The highest BCUT2D eigenvalue weighted by molar-refractivity contribution is 5.85. The molecule has 0 amide bonds. The monoisotopic (exact) mass is 150 g/mol. The molecule has 0 aliphatic carbocycles. The number of halogens is 1. The number of hydrogen-bond acceptors (Lipinski definition) is 4. The second-order valence-electron chi connectivity index (χ2n) is 1.02. The summed E-state index contributed by atoms with van der Waals surface area (Å²) in [5, 5.41) is 7.84. The predicted molar refractivity (Wildman–Crippen MR) is 32.9 cm³/mol. The molecule has 5 heteroatoms. The number of nitrogens with zero attached hydrogens (tertiary/aromatic N) is 1. The van der Waals surface area contributed by atoms with Crippen LogP contribution < -0.4 is 5.73 Å². The molecule has 9 heavy (non-hydrogen) atoms. The Labute approximate surface area is 59.0 Å². The fourth-order valence-electron chi connectivity index (χ4n) is 0.172. The highest BCUT2D eigenvalue weighted by Gasteiger charge is 1.93. The molecule has 0 aromatic carbocycles. The molecule has 0 saturated carbocycles. The van der Waals surface area contributed by atoms with E-state index in [4.69, 9.17) is 11.0 Å². The van der Waals surface area contributed by atoms with Crippen LogP contribution in [-0.2, 0) is 9.53 Å². The molecule has 0 aromatic heterocycles. The standard InChI is InChI=1S/C4H6N2O2.ClH/c5-1-2-8-4(7)3-6;/h2-3,6H2;1H. The van der Waals surface area contributed by atoms with Crippen LogP contribution in [0, 0.1) is 11.3 Å². The number of nitrogens with two attached hydrogens (primary N) is 1. The third-order valence-electron chi connectivity index (χ3n) is 0.464. The van der Waals surface area contributed by atoms with Gasteiger partial charge >= 0.3 is 5.97 Å². The van der Waals surface area contributed by atoms with Crippen molar-refractivity contribution in [2.45, 2.75) is 0 Å². The third kappa shape index (κ3) is 7.21. The van der Waals surface area contributed by atoms with E-state index in [1.165, 1.54) is 0 Å². The van der Waals surface area contributed by atoms with Crippen molar-refractivity contribution in [2.24, 2.45) is 5.73 Å². The number of nitriles is 1. The molecule has 0 bridgehead atoms. The van der Waals surface area contributed by atoms with Gasteiger partial charge in [0.25, 0.3) is 0 Å². The molecule has 0 spiro atoms. The largest absolute Gasteiger partial charge is 0.449 e. The Morgan fingerprint density at radius 2 is 2.33 bits per heavy atom. The molecular weight excluding hydrogens is 144 g/mol. The summed E-state index contributed by atoms with van der Waals surface area (Å²) in [6, 6.07) is 1.63. The summed E-state index contributed by atoms with van der Waals surface area (Å²) in [5.41, 5.74) is 4.83. The van der Waals surface area contributed by atoms with Gasteiger partial charge in [-0.15, -0.1) is 12.4 Å². The molecule has 0 unspecified atom stereocenters. The van der Waals surface area contributed by atoms with E-state index in [2.05, 4.69) is 4.74 Å². The zero-order chi connectivity index (χ0) is 6.41. The second-order valence-corrected chi connectivity index (χ2v) is 1.02. The van der Waals surface area contributed by atoms with Crippen LogP contribution in [0.4, 0.5) is 0 Å². The molecule has 52 valence electrons. The van der Waals surface area contributed by atoms with Gasteiger partial charge in [0.1, 0.15) is 6.07 Å². The summed E-state index contributed by atoms with van der Waals surface area (Å²) < 4.78 is 4.22. The number of rotatable bonds is 2. The minimum Gasteiger partial charge on any atom is -0.449 e. The van der Waals surface area contributed by atoms with Crippen molar-refractivity contribution in [3.05, 3.63) is 0 Å². The molecule has 4 nitrogen and oxygen atoms in total. The van der Waals surface area contributed by atoms with E-state index in [9.17, 15) is 4.79 Å². The molecule has 0 aliphatic rings. The zero-order valence-corrected chi connectivity index (χ0v) is 5.48. The molecule has 0 heterocycles. The van der Waals surface area contributed by atoms with E-state index in [0.717, 1.165) is 0 Å². The predicted octanol–water partition coefficient (Wildman–Crippen LogP) is -0.566. The maximum atomic E-state index is 10.1. The summed E-state index contributed by atoms with van der Waals surface area (Å²) in [6.07, 6.45) is 0. The van der Waals surface area contributed by atoms with Gasteiger partial charge in [0, 0.05) is 0 Å². The number of carbonyl (C=O) groups excluding carboxylic acids is 1. The van der Waals surface area contributed by atoms with E-state index < -0.39 is 5.97 Å². The van der Waals surface area contributed by atoms with Gasteiger partial charge in [-0.25, -0.2) is 0 Å². The molecule has 2 N–H and O–H groups in total. The van der Waals surface area contributed by atoms with Gasteiger partial charge in [0.2, 0.25) is 0 Å². The van der Waals surface area contributed by atoms with E-state index in [0.29, 0.717) is 0 Å². The van der Waals surface area contributed by atoms with Gasteiger partial charge in [-0.2, -0.15) is 5.26 Å². The lowest BCUT2D eigenvalue weighted by molar-refractivity contribution is -0.140. The van der Waals surface area contributed by atoms with Crippen molar-refractivity contribution in [1.29, 1.82) is 5.26 Å². The molecule has 0 saturated heterocycles. The third-order valence-corrected chi connectivity index (χ3v) is 0.464. The Morgan fingerprint density at radius 1 is 1.78 bits per heavy atom. The van der Waals surface area contributed by atoms with Crippen LogP contribution in [-0.4, -0.2) is 19.1 Å². The van der Waals surface area contributed by atoms with E-state index in [1.54, 1.807) is 6.07 Å². The molecule has 0 rings (SSSR count). The molecule has 0 radical (unpaired) electrons.